The maximum atomic E-state index is 9.47. The Morgan fingerprint density at radius 2 is 2.03 bits per heavy atom. The molecule has 9 heteroatoms. The minimum Gasteiger partial charge on any atom is -0.351 e. The van der Waals surface area contributed by atoms with E-state index in [1.54, 1.807) is 6.20 Å². The van der Waals surface area contributed by atoms with Gasteiger partial charge in [-0.25, -0.2) is 4.98 Å². The molecule has 1 saturated carbocycles. The van der Waals surface area contributed by atoms with E-state index < -0.39 is 0 Å². The van der Waals surface area contributed by atoms with Crippen molar-refractivity contribution in [2.24, 2.45) is 5.41 Å². The fraction of sp³-hybridized carbons (Fsp3) is 0.600. The summed E-state index contributed by atoms with van der Waals surface area (Å²) in [5.41, 5.74) is 1.52. The normalized spacial score (nSPS) is 22.2. The van der Waals surface area contributed by atoms with Crippen LogP contribution in [0.3, 0.4) is 0 Å². The Kier molecular flexibility index (Phi) is 4.65. The van der Waals surface area contributed by atoms with Gasteiger partial charge in [0.25, 0.3) is 0 Å². The van der Waals surface area contributed by atoms with E-state index in [2.05, 4.69) is 35.5 Å². The zero-order valence-corrected chi connectivity index (χ0v) is 18.1. The number of nitrogens with zero attached hydrogens (tertiary/aromatic N) is 6. The van der Waals surface area contributed by atoms with Crippen molar-refractivity contribution in [1.29, 1.82) is 5.26 Å². The minimum atomic E-state index is -0.0814. The number of aromatic nitrogens is 3. The van der Waals surface area contributed by atoms with Crippen molar-refractivity contribution in [2.75, 3.05) is 36.4 Å². The number of rotatable bonds is 5. The summed E-state index contributed by atoms with van der Waals surface area (Å²) in [6, 6.07) is 4.39. The van der Waals surface area contributed by atoms with E-state index in [1.165, 1.54) is 37.2 Å². The molecule has 1 N–H and O–H groups in total. The van der Waals surface area contributed by atoms with E-state index in [0.717, 1.165) is 42.7 Å². The van der Waals surface area contributed by atoms with Crippen LogP contribution >= 0.6 is 23.1 Å². The Morgan fingerprint density at radius 3 is 2.66 bits per heavy atom. The lowest BCUT2D eigenvalue weighted by molar-refractivity contribution is 0.0251. The molecule has 5 rings (SSSR count). The van der Waals surface area contributed by atoms with Gasteiger partial charge in [-0.15, -0.1) is 0 Å². The standard InChI is InChI=1S/C20H24ClN7S/c1-14-10-16(29-26-14)24-18-23-11-15(21)17(25-18)27-12-20(13-27,4-7-22)28-8-5-19(2-3-19)6-9-28/h10-11H,2-6,8-9,12-13H2,1H3,(H,23,24,25). The van der Waals surface area contributed by atoms with Crippen molar-refractivity contribution in [1.82, 2.24) is 19.2 Å². The average Bonchev–Trinajstić information content (AvgIpc) is 3.31. The van der Waals surface area contributed by atoms with Crippen LogP contribution in [0, 0.1) is 23.7 Å². The summed E-state index contributed by atoms with van der Waals surface area (Å²) >= 11 is 7.81. The molecule has 1 aliphatic carbocycles. The summed E-state index contributed by atoms with van der Waals surface area (Å²) in [5.74, 6) is 1.24. The zero-order valence-electron chi connectivity index (χ0n) is 16.5. The van der Waals surface area contributed by atoms with Crippen LogP contribution in [0.5, 0.6) is 0 Å². The Morgan fingerprint density at radius 1 is 1.28 bits per heavy atom. The second-order valence-electron chi connectivity index (χ2n) is 8.73. The van der Waals surface area contributed by atoms with E-state index in [1.807, 2.05) is 13.0 Å². The molecule has 0 amide bonds. The van der Waals surface area contributed by atoms with Crippen molar-refractivity contribution in [2.45, 2.75) is 44.6 Å². The predicted octanol–water partition coefficient (Wildman–Crippen LogP) is 3.99. The lowest BCUT2D eigenvalue weighted by Gasteiger charge is -2.57. The largest absolute Gasteiger partial charge is 0.351 e. The van der Waals surface area contributed by atoms with Crippen LogP contribution in [0.4, 0.5) is 16.8 Å². The summed E-state index contributed by atoms with van der Waals surface area (Å²) in [6.45, 7) is 5.72. The van der Waals surface area contributed by atoms with Gasteiger partial charge in [0.2, 0.25) is 5.95 Å². The van der Waals surface area contributed by atoms with Crippen LogP contribution in [-0.4, -0.2) is 51.0 Å². The van der Waals surface area contributed by atoms with Crippen LogP contribution < -0.4 is 10.2 Å². The lowest BCUT2D eigenvalue weighted by Crippen LogP contribution is -2.71. The molecule has 2 aliphatic heterocycles. The summed E-state index contributed by atoms with van der Waals surface area (Å²) in [6.07, 6.45) is 7.52. The molecule has 3 aliphatic rings. The number of hydrogen-bond acceptors (Lipinski definition) is 8. The number of anilines is 3. The highest BCUT2D eigenvalue weighted by Crippen LogP contribution is 2.54. The van der Waals surface area contributed by atoms with Crippen LogP contribution in [0.2, 0.25) is 5.02 Å². The molecule has 4 heterocycles. The van der Waals surface area contributed by atoms with Crippen LogP contribution in [-0.2, 0) is 0 Å². The van der Waals surface area contributed by atoms with Gasteiger partial charge in [-0.05, 0) is 68.7 Å². The summed E-state index contributed by atoms with van der Waals surface area (Å²) in [7, 11) is 0. The van der Waals surface area contributed by atoms with Crippen molar-refractivity contribution < 1.29 is 0 Å². The van der Waals surface area contributed by atoms with Crippen molar-refractivity contribution >= 4 is 39.9 Å². The third kappa shape index (κ3) is 3.56. The fourth-order valence-electron chi connectivity index (χ4n) is 4.69. The summed E-state index contributed by atoms with van der Waals surface area (Å²) in [5, 5.41) is 14.1. The number of nitriles is 1. The molecule has 0 radical (unpaired) electrons. The first-order chi connectivity index (χ1) is 14.0. The number of halogens is 1. The lowest BCUT2D eigenvalue weighted by atomic mass is 9.81. The number of likely N-dealkylation sites (tertiary alicyclic amines) is 1. The second-order valence-corrected chi connectivity index (χ2v) is 9.94. The molecule has 2 saturated heterocycles. The van der Waals surface area contributed by atoms with Crippen molar-refractivity contribution in [3.8, 4) is 6.07 Å². The molecule has 0 aromatic carbocycles. The highest BCUT2D eigenvalue weighted by atomic mass is 35.5. The fourth-order valence-corrected chi connectivity index (χ4v) is 5.56. The number of hydrogen-bond donors (Lipinski definition) is 1. The molecule has 1 spiro atoms. The zero-order chi connectivity index (χ0) is 20.1. The first-order valence-corrected chi connectivity index (χ1v) is 11.3. The molecule has 0 bridgehead atoms. The molecule has 0 atom stereocenters. The average molecular weight is 430 g/mol. The van der Waals surface area contributed by atoms with E-state index >= 15 is 0 Å². The first kappa shape index (κ1) is 19.0. The van der Waals surface area contributed by atoms with E-state index in [4.69, 9.17) is 11.6 Å². The quantitative estimate of drug-likeness (QED) is 0.769. The van der Waals surface area contributed by atoms with E-state index in [-0.39, 0.29) is 5.54 Å². The van der Waals surface area contributed by atoms with Crippen LogP contribution in [0.25, 0.3) is 0 Å². The molecular formula is C20H24ClN7S. The molecule has 7 nitrogen and oxygen atoms in total. The van der Waals surface area contributed by atoms with Crippen LogP contribution in [0.1, 0.15) is 37.8 Å². The van der Waals surface area contributed by atoms with Gasteiger partial charge in [0, 0.05) is 13.1 Å². The Hall–Kier alpha value is -1.95. The third-order valence-corrected chi connectivity index (χ3v) is 7.78. The predicted molar refractivity (Wildman–Crippen MR) is 115 cm³/mol. The second kappa shape index (κ2) is 7.08. The Labute approximate surface area is 179 Å². The Bertz CT molecular complexity index is 948. The van der Waals surface area contributed by atoms with Gasteiger partial charge >= 0.3 is 0 Å². The smallest absolute Gasteiger partial charge is 0.229 e. The molecular weight excluding hydrogens is 406 g/mol. The minimum absolute atomic E-state index is 0.0814. The highest BCUT2D eigenvalue weighted by Gasteiger charge is 2.53. The maximum Gasteiger partial charge on any atom is 0.229 e. The van der Waals surface area contributed by atoms with E-state index in [0.29, 0.717) is 22.8 Å². The first-order valence-electron chi connectivity index (χ1n) is 10.1. The van der Waals surface area contributed by atoms with E-state index in [9.17, 15) is 5.26 Å². The molecule has 2 aromatic rings. The highest BCUT2D eigenvalue weighted by molar-refractivity contribution is 7.10. The summed E-state index contributed by atoms with van der Waals surface area (Å²) in [4.78, 5) is 13.7. The van der Waals surface area contributed by atoms with Crippen molar-refractivity contribution in [3.63, 3.8) is 0 Å². The third-order valence-electron chi connectivity index (χ3n) is 6.72. The molecule has 2 aromatic heterocycles. The van der Waals surface area contributed by atoms with Gasteiger partial charge in [0.1, 0.15) is 10.0 Å². The molecule has 152 valence electrons. The van der Waals surface area contributed by atoms with Gasteiger partial charge in [0.15, 0.2) is 5.82 Å². The summed E-state index contributed by atoms with van der Waals surface area (Å²) < 4.78 is 4.27. The topological polar surface area (TPSA) is 81.0 Å². The van der Waals surface area contributed by atoms with Gasteiger partial charge in [-0.3, -0.25) is 4.90 Å². The molecule has 3 fully saturated rings. The van der Waals surface area contributed by atoms with Crippen LogP contribution in [0.15, 0.2) is 12.3 Å². The number of aryl methyl sites for hydroxylation is 1. The van der Waals surface area contributed by atoms with Gasteiger partial charge in [0.05, 0.1) is 29.9 Å². The maximum absolute atomic E-state index is 9.47. The van der Waals surface area contributed by atoms with Crippen molar-refractivity contribution in [3.05, 3.63) is 23.0 Å². The van der Waals surface area contributed by atoms with Gasteiger partial charge < -0.3 is 10.2 Å². The van der Waals surface area contributed by atoms with Gasteiger partial charge in [-0.2, -0.15) is 14.6 Å². The molecule has 29 heavy (non-hydrogen) atoms. The Balaban J connectivity index is 1.30. The monoisotopic (exact) mass is 429 g/mol. The SMILES string of the molecule is Cc1cc(Nc2ncc(Cl)c(N3CC(CC#N)(N4CCC5(CC4)CC5)C3)n2)sn1. The van der Waals surface area contributed by atoms with Gasteiger partial charge in [-0.1, -0.05) is 11.6 Å². The number of nitrogens with one attached hydrogen (secondary N) is 1. The molecule has 0 unspecified atom stereocenters. The number of piperidine rings is 1.